The van der Waals surface area contributed by atoms with Gasteiger partial charge in [-0.1, -0.05) is 51.2 Å². The summed E-state index contributed by atoms with van der Waals surface area (Å²) in [6.45, 7) is 2.22. The van der Waals surface area contributed by atoms with Crippen molar-refractivity contribution in [2.75, 3.05) is 0 Å². The lowest BCUT2D eigenvalue weighted by atomic mass is 10.1. The smallest absolute Gasteiger partial charge is 0.338 e. The van der Waals surface area contributed by atoms with Gasteiger partial charge in [-0.2, -0.15) is 0 Å². The highest BCUT2D eigenvalue weighted by Gasteiger charge is 2.13. The van der Waals surface area contributed by atoms with E-state index in [4.69, 9.17) is 5.11 Å². The largest absolute Gasteiger partial charge is 0.479 e. The Kier molecular flexibility index (Phi) is 13.0. The van der Waals surface area contributed by atoms with Crippen LogP contribution in [-0.2, 0) is 4.79 Å². The number of hydrogen-bond acceptors (Lipinski definition) is 1. The Labute approximate surface area is 117 Å². The van der Waals surface area contributed by atoms with E-state index in [9.17, 15) is 9.18 Å². The van der Waals surface area contributed by atoms with E-state index in [2.05, 4.69) is 19.1 Å². The average molecular weight is 272 g/mol. The van der Waals surface area contributed by atoms with Crippen LogP contribution in [-0.4, -0.2) is 17.2 Å². The topological polar surface area (TPSA) is 37.3 Å². The van der Waals surface area contributed by atoms with Crippen molar-refractivity contribution in [3.05, 3.63) is 12.2 Å². The molecule has 1 N–H and O–H groups in total. The molecule has 0 fully saturated rings. The van der Waals surface area contributed by atoms with Crippen molar-refractivity contribution in [3.8, 4) is 0 Å². The first kappa shape index (κ1) is 18.1. The fourth-order valence-electron chi connectivity index (χ4n) is 1.99. The highest BCUT2D eigenvalue weighted by Crippen LogP contribution is 2.10. The summed E-state index contributed by atoms with van der Waals surface area (Å²) in [5.74, 6) is -1.33. The molecule has 1 unspecified atom stereocenters. The van der Waals surface area contributed by atoms with Crippen molar-refractivity contribution in [2.24, 2.45) is 0 Å². The van der Waals surface area contributed by atoms with Gasteiger partial charge in [0.2, 0.25) is 0 Å². The Morgan fingerprint density at radius 2 is 1.53 bits per heavy atom. The first-order valence-electron chi connectivity index (χ1n) is 7.70. The van der Waals surface area contributed by atoms with Crippen LogP contribution in [0, 0.1) is 0 Å². The van der Waals surface area contributed by atoms with Gasteiger partial charge in [0.05, 0.1) is 0 Å². The number of carbonyl (C=O) groups is 1. The van der Waals surface area contributed by atoms with Gasteiger partial charge in [-0.25, -0.2) is 9.18 Å². The quantitative estimate of drug-likeness (QED) is 0.366. The van der Waals surface area contributed by atoms with Gasteiger partial charge in [0, 0.05) is 0 Å². The first-order valence-corrected chi connectivity index (χ1v) is 7.70. The van der Waals surface area contributed by atoms with Gasteiger partial charge >= 0.3 is 5.97 Å². The molecule has 0 bridgehead atoms. The molecule has 0 aliphatic heterocycles. The Hall–Kier alpha value is -0.860. The van der Waals surface area contributed by atoms with Crippen LogP contribution >= 0.6 is 0 Å². The Morgan fingerprint density at radius 1 is 1.00 bits per heavy atom. The maximum Gasteiger partial charge on any atom is 0.338 e. The molecule has 0 aromatic rings. The van der Waals surface area contributed by atoms with Gasteiger partial charge in [-0.3, -0.25) is 0 Å². The van der Waals surface area contributed by atoms with E-state index >= 15 is 0 Å². The Bertz CT molecular complexity index is 239. The predicted molar refractivity (Wildman–Crippen MR) is 78.1 cm³/mol. The third-order valence-electron chi connectivity index (χ3n) is 3.24. The number of aliphatic carboxylic acids is 1. The van der Waals surface area contributed by atoms with E-state index in [0.29, 0.717) is 6.42 Å². The number of alkyl halides is 1. The highest BCUT2D eigenvalue weighted by atomic mass is 19.1. The molecule has 0 aromatic heterocycles. The molecule has 3 heteroatoms. The van der Waals surface area contributed by atoms with E-state index in [1.54, 1.807) is 0 Å². The third-order valence-corrected chi connectivity index (χ3v) is 3.24. The standard InChI is InChI=1S/C16H29FO2/c1-2-3-4-5-6-7-8-9-10-11-12-13-14-15(17)16(18)19/h7-8,15H,2-6,9-14H2,1H3,(H,18,19)/b8-7-. The molecule has 0 saturated heterocycles. The first-order chi connectivity index (χ1) is 9.18. The number of carboxylic acid groups (broad SMARTS) is 1. The lowest BCUT2D eigenvalue weighted by Crippen LogP contribution is -2.13. The molecule has 2 nitrogen and oxygen atoms in total. The minimum absolute atomic E-state index is 0.155. The van der Waals surface area contributed by atoms with Crippen LogP contribution in [0.1, 0.15) is 77.6 Å². The summed E-state index contributed by atoms with van der Waals surface area (Å²) in [7, 11) is 0. The summed E-state index contributed by atoms with van der Waals surface area (Å²) in [6.07, 6.45) is 14.3. The fraction of sp³-hybridized carbons (Fsp3) is 0.812. The molecule has 0 aliphatic carbocycles. The number of rotatable bonds is 13. The lowest BCUT2D eigenvalue weighted by Gasteiger charge is -2.02. The van der Waals surface area contributed by atoms with Gasteiger partial charge in [0.15, 0.2) is 6.17 Å². The summed E-state index contributed by atoms with van der Waals surface area (Å²) in [5.41, 5.74) is 0. The number of hydrogen-bond donors (Lipinski definition) is 1. The van der Waals surface area contributed by atoms with Crippen LogP contribution in [0.5, 0.6) is 0 Å². The summed E-state index contributed by atoms with van der Waals surface area (Å²) in [4.78, 5) is 10.2. The zero-order valence-corrected chi connectivity index (χ0v) is 12.2. The van der Waals surface area contributed by atoms with Gasteiger partial charge < -0.3 is 5.11 Å². The molecule has 0 heterocycles. The summed E-state index contributed by atoms with van der Waals surface area (Å²) in [6, 6.07) is 0. The van der Waals surface area contributed by atoms with Crippen molar-refractivity contribution in [1.29, 1.82) is 0 Å². The van der Waals surface area contributed by atoms with E-state index in [0.717, 1.165) is 25.7 Å². The van der Waals surface area contributed by atoms with Crippen molar-refractivity contribution in [2.45, 2.75) is 83.7 Å². The maximum atomic E-state index is 12.7. The van der Waals surface area contributed by atoms with Crippen LogP contribution in [0.3, 0.4) is 0 Å². The van der Waals surface area contributed by atoms with Gasteiger partial charge in [0.25, 0.3) is 0 Å². The summed E-state index contributed by atoms with van der Waals surface area (Å²) in [5, 5.41) is 8.38. The number of carboxylic acids is 1. The van der Waals surface area contributed by atoms with Gasteiger partial charge in [-0.15, -0.1) is 0 Å². The lowest BCUT2D eigenvalue weighted by molar-refractivity contribution is -0.143. The second kappa shape index (κ2) is 13.6. The minimum Gasteiger partial charge on any atom is -0.479 e. The predicted octanol–water partition coefficient (Wildman–Crippen LogP) is 5.28. The van der Waals surface area contributed by atoms with Crippen molar-refractivity contribution in [1.82, 2.24) is 0 Å². The zero-order valence-electron chi connectivity index (χ0n) is 12.2. The monoisotopic (exact) mass is 272 g/mol. The molecule has 0 spiro atoms. The molecule has 0 amide bonds. The van der Waals surface area contributed by atoms with E-state index in [1.165, 1.54) is 32.1 Å². The summed E-state index contributed by atoms with van der Waals surface area (Å²) < 4.78 is 12.7. The van der Waals surface area contributed by atoms with Crippen LogP contribution in [0.15, 0.2) is 12.2 Å². The molecular weight excluding hydrogens is 243 g/mol. The third kappa shape index (κ3) is 13.4. The number of halogens is 1. The van der Waals surface area contributed by atoms with Crippen LogP contribution in [0.2, 0.25) is 0 Å². The highest BCUT2D eigenvalue weighted by molar-refractivity contribution is 5.71. The zero-order chi connectivity index (χ0) is 14.3. The van der Waals surface area contributed by atoms with Crippen molar-refractivity contribution in [3.63, 3.8) is 0 Å². The molecule has 112 valence electrons. The Morgan fingerprint density at radius 3 is 2.05 bits per heavy atom. The Balaban J connectivity index is 3.18. The molecule has 19 heavy (non-hydrogen) atoms. The van der Waals surface area contributed by atoms with Crippen LogP contribution < -0.4 is 0 Å². The summed E-state index contributed by atoms with van der Waals surface area (Å²) >= 11 is 0. The van der Waals surface area contributed by atoms with Crippen LogP contribution in [0.4, 0.5) is 4.39 Å². The second-order valence-electron chi connectivity index (χ2n) is 5.12. The number of allylic oxidation sites excluding steroid dienone is 2. The molecule has 0 aliphatic rings. The van der Waals surface area contributed by atoms with Gasteiger partial charge in [-0.05, 0) is 38.5 Å². The molecule has 1 atom stereocenters. The van der Waals surface area contributed by atoms with Crippen LogP contribution in [0.25, 0.3) is 0 Å². The second-order valence-corrected chi connectivity index (χ2v) is 5.12. The SMILES string of the molecule is CCCCCC/C=C\CCCCCCC(F)C(=O)O. The normalized spacial score (nSPS) is 12.9. The van der Waals surface area contributed by atoms with Crippen molar-refractivity contribution < 1.29 is 14.3 Å². The fourth-order valence-corrected chi connectivity index (χ4v) is 1.99. The van der Waals surface area contributed by atoms with E-state index in [1.807, 2.05) is 0 Å². The maximum absolute atomic E-state index is 12.7. The average Bonchev–Trinajstić information content (AvgIpc) is 2.39. The number of unbranched alkanes of at least 4 members (excludes halogenated alkanes) is 8. The molecule has 0 rings (SSSR count). The molecular formula is C16H29FO2. The van der Waals surface area contributed by atoms with E-state index < -0.39 is 12.1 Å². The molecule has 0 saturated carbocycles. The van der Waals surface area contributed by atoms with E-state index in [-0.39, 0.29) is 6.42 Å². The van der Waals surface area contributed by atoms with Crippen molar-refractivity contribution >= 4 is 5.97 Å². The molecule has 0 aromatic carbocycles. The molecule has 0 radical (unpaired) electrons. The minimum atomic E-state index is -1.68. The van der Waals surface area contributed by atoms with Gasteiger partial charge in [0.1, 0.15) is 0 Å².